The van der Waals surface area contributed by atoms with Crippen LogP contribution in [-0.2, 0) is 6.54 Å². The number of rotatable bonds is 3. The summed E-state index contributed by atoms with van der Waals surface area (Å²) >= 11 is 1.48. The van der Waals surface area contributed by atoms with Gasteiger partial charge in [0, 0.05) is 25.8 Å². The minimum atomic E-state index is -1.20. The van der Waals surface area contributed by atoms with Crippen LogP contribution in [0.15, 0.2) is 11.0 Å². The van der Waals surface area contributed by atoms with Gasteiger partial charge in [-0.25, -0.2) is 9.78 Å². The summed E-state index contributed by atoms with van der Waals surface area (Å²) in [7, 11) is 0. The molecule has 2 aromatic rings. The standard InChI is InChI=1S/C15H19N3O3S/c1-3-17-8-10(14(20)21)12(19)11-13(17)22-15(16-11)18-6-4-9(2)5-7-18/h8-9H,3-7H2,1-2H3,(H,20,21). The zero-order chi connectivity index (χ0) is 15.9. The van der Waals surface area contributed by atoms with Gasteiger partial charge >= 0.3 is 5.97 Å². The van der Waals surface area contributed by atoms with Crippen LogP contribution in [0.1, 0.15) is 37.0 Å². The predicted octanol–water partition coefficient (Wildman–Crippen LogP) is 2.41. The molecule has 0 aromatic carbocycles. The number of thiazole rings is 1. The molecule has 0 saturated carbocycles. The number of fused-ring (bicyclic) bond motifs is 1. The van der Waals surface area contributed by atoms with Crippen molar-refractivity contribution in [2.24, 2.45) is 5.92 Å². The molecule has 0 amide bonds. The lowest BCUT2D eigenvalue weighted by atomic mass is 10.00. The largest absolute Gasteiger partial charge is 0.477 e. The number of piperidine rings is 1. The lowest BCUT2D eigenvalue weighted by molar-refractivity contribution is 0.0695. The molecular formula is C15H19N3O3S. The Hall–Kier alpha value is -1.89. The Morgan fingerprint density at radius 1 is 1.45 bits per heavy atom. The number of carboxylic acids is 1. The molecule has 0 spiro atoms. The van der Waals surface area contributed by atoms with Crippen molar-refractivity contribution >= 4 is 32.8 Å². The van der Waals surface area contributed by atoms with Crippen molar-refractivity contribution < 1.29 is 9.90 Å². The molecule has 0 unspecified atom stereocenters. The molecule has 22 heavy (non-hydrogen) atoms. The molecule has 1 N–H and O–H groups in total. The molecule has 0 radical (unpaired) electrons. The SMILES string of the molecule is CCn1cc(C(=O)O)c(=O)c2nc(N3CCC(C)CC3)sc21. The molecule has 118 valence electrons. The normalized spacial score (nSPS) is 16.4. The van der Waals surface area contributed by atoms with Crippen LogP contribution in [0.2, 0.25) is 0 Å². The van der Waals surface area contributed by atoms with Gasteiger partial charge in [-0.1, -0.05) is 18.3 Å². The first-order valence-corrected chi connectivity index (χ1v) is 8.35. The quantitative estimate of drug-likeness (QED) is 0.939. The Balaban J connectivity index is 2.10. The minimum absolute atomic E-state index is 0.210. The summed E-state index contributed by atoms with van der Waals surface area (Å²) in [5.41, 5.74) is -0.418. The average Bonchev–Trinajstić information content (AvgIpc) is 2.94. The van der Waals surface area contributed by atoms with Crippen LogP contribution in [0, 0.1) is 5.92 Å². The topological polar surface area (TPSA) is 75.4 Å². The molecule has 0 aliphatic carbocycles. The number of aromatic nitrogens is 2. The maximum atomic E-state index is 12.3. The lowest BCUT2D eigenvalue weighted by Gasteiger charge is -2.29. The van der Waals surface area contributed by atoms with E-state index in [0.717, 1.165) is 41.8 Å². The summed E-state index contributed by atoms with van der Waals surface area (Å²) in [5, 5.41) is 10.0. The molecule has 0 bridgehead atoms. The van der Waals surface area contributed by atoms with Crippen LogP contribution < -0.4 is 10.3 Å². The predicted molar refractivity (Wildman–Crippen MR) is 87.1 cm³/mol. The van der Waals surface area contributed by atoms with Gasteiger partial charge in [-0.3, -0.25) is 4.79 Å². The third-order valence-electron chi connectivity index (χ3n) is 4.23. The third kappa shape index (κ3) is 2.49. The number of aryl methyl sites for hydroxylation is 1. The van der Waals surface area contributed by atoms with Crippen molar-refractivity contribution in [3.63, 3.8) is 0 Å². The Kier molecular flexibility index (Phi) is 3.90. The van der Waals surface area contributed by atoms with E-state index in [1.807, 2.05) is 6.92 Å². The van der Waals surface area contributed by atoms with Gasteiger partial charge in [0.05, 0.1) is 0 Å². The first-order chi connectivity index (χ1) is 10.5. The summed E-state index contributed by atoms with van der Waals surface area (Å²) in [6.07, 6.45) is 3.66. The van der Waals surface area contributed by atoms with Gasteiger partial charge in [-0.2, -0.15) is 0 Å². The number of pyridine rings is 1. The van der Waals surface area contributed by atoms with E-state index < -0.39 is 11.4 Å². The zero-order valence-electron chi connectivity index (χ0n) is 12.7. The molecule has 1 aliphatic rings. The van der Waals surface area contributed by atoms with Crippen molar-refractivity contribution in [3.05, 3.63) is 22.0 Å². The number of aromatic carboxylic acids is 1. The highest BCUT2D eigenvalue weighted by molar-refractivity contribution is 7.21. The van der Waals surface area contributed by atoms with Crippen molar-refractivity contribution in [3.8, 4) is 0 Å². The van der Waals surface area contributed by atoms with Gasteiger partial charge in [0.2, 0.25) is 5.43 Å². The molecule has 7 heteroatoms. The number of hydrogen-bond acceptors (Lipinski definition) is 5. The number of carbonyl (C=O) groups is 1. The smallest absolute Gasteiger partial charge is 0.341 e. The summed E-state index contributed by atoms with van der Waals surface area (Å²) in [5.74, 6) is -0.477. The second-order valence-electron chi connectivity index (χ2n) is 5.78. The molecule has 3 rings (SSSR count). The fourth-order valence-corrected chi connectivity index (χ4v) is 3.92. The van der Waals surface area contributed by atoms with Gasteiger partial charge in [-0.15, -0.1) is 0 Å². The molecular weight excluding hydrogens is 302 g/mol. The highest BCUT2D eigenvalue weighted by atomic mass is 32.1. The summed E-state index contributed by atoms with van der Waals surface area (Å²) in [6.45, 7) is 6.66. The number of carboxylic acid groups (broad SMARTS) is 1. The zero-order valence-corrected chi connectivity index (χ0v) is 13.5. The molecule has 1 aliphatic heterocycles. The van der Waals surface area contributed by atoms with E-state index in [1.165, 1.54) is 17.5 Å². The Morgan fingerprint density at radius 2 is 2.14 bits per heavy atom. The van der Waals surface area contributed by atoms with E-state index in [1.54, 1.807) is 4.57 Å². The van der Waals surface area contributed by atoms with Gasteiger partial charge in [-0.05, 0) is 25.7 Å². The Bertz CT molecular complexity index is 772. The lowest BCUT2D eigenvalue weighted by Crippen LogP contribution is -2.32. The van der Waals surface area contributed by atoms with E-state index >= 15 is 0 Å². The van der Waals surface area contributed by atoms with Crippen LogP contribution in [0.4, 0.5) is 5.13 Å². The van der Waals surface area contributed by atoms with Crippen molar-refractivity contribution in [2.45, 2.75) is 33.2 Å². The molecule has 1 fully saturated rings. The van der Waals surface area contributed by atoms with Crippen molar-refractivity contribution in [1.29, 1.82) is 0 Å². The number of anilines is 1. The van der Waals surface area contributed by atoms with Crippen LogP contribution in [-0.4, -0.2) is 33.7 Å². The Labute approximate surface area is 132 Å². The van der Waals surface area contributed by atoms with E-state index in [0.29, 0.717) is 6.54 Å². The first kappa shape index (κ1) is 15.0. The first-order valence-electron chi connectivity index (χ1n) is 7.53. The number of nitrogens with zero attached hydrogens (tertiary/aromatic N) is 3. The third-order valence-corrected chi connectivity index (χ3v) is 5.38. The highest BCUT2D eigenvalue weighted by Crippen LogP contribution is 2.30. The maximum absolute atomic E-state index is 12.3. The van der Waals surface area contributed by atoms with Gasteiger partial charge in [0.15, 0.2) is 5.13 Å². The van der Waals surface area contributed by atoms with Crippen molar-refractivity contribution in [1.82, 2.24) is 9.55 Å². The van der Waals surface area contributed by atoms with E-state index in [4.69, 9.17) is 0 Å². The van der Waals surface area contributed by atoms with Gasteiger partial charge < -0.3 is 14.6 Å². The van der Waals surface area contributed by atoms with Crippen LogP contribution in [0.3, 0.4) is 0 Å². The summed E-state index contributed by atoms with van der Waals surface area (Å²) in [4.78, 5) is 31.0. The minimum Gasteiger partial charge on any atom is -0.477 e. The second kappa shape index (κ2) is 5.72. The maximum Gasteiger partial charge on any atom is 0.341 e. The van der Waals surface area contributed by atoms with Crippen LogP contribution >= 0.6 is 11.3 Å². The summed E-state index contributed by atoms with van der Waals surface area (Å²) < 4.78 is 1.80. The molecule has 0 atom stereocenters. The summed E-state index contributed by atoms with van der Waals surface area (Å²) in [6, 6.07) is 0. The van der Waals surface area contributed by atoms with Gasteiger partial charge in [0.25, 0.3) is 0 Å². The highest BCUT2D eigenvalue weighted by Gasteiger charge is 2.22. The van der Waals surface area contributed by atoms with Crippen molar-refractivity contribution in [2.75, 3.05) is 18.0 Å². The molecule has 1 saturated heterocycles. The molecule has 6 nitrogen and oxygen atoms in total. The average molecular weight is 321 g/mol. The van der Waals surface area contributed by atoms with Crippen LogP contribution in [0.25, 0.3) is 10.3 Å². The van der Waals surface area contributed by atoms with Crippen LogP contribution in [0.5, 0.6) is 0 Å². The fraction of sp³-hybridized carbons (Fsp3) is 0.533. The molecule has 2 aromatic heterocycles. The Morgan fingerprint density at radius 3 is 2.73 bits per heavy atom. The fourth-order valence-electron chi connectivity index (χ4n) is 2.77. The monoisotopic (exact) mass is 321 g/mol. The second-order valence-corrected chi connectivity index (χ2v) is 6.74. The number of hydrogen-bond donors (Lipinski definition) is 1. The van der Waals surface area contributed by atoms with E-state index in [2.05, 4.69) is 16.8 Å². The van der Waals surface area contributed by atoms with E-state index in [9.17, 15) is 14.7 Å². The molecule has 3 heterocycles. The van der Waals surface area contributed by atoms with Gasteiger partial charge in [0.1, 0.15) is 15.9 Å². The van der Waals surface area contributed by atoms with E-state index in [-0.39, 0.29) is 11.1 Å².